The van der Waals surface area contributed by atoms with Crippen LogP contribution in [0.3, 0.4) is 0 Å². The van der Waals surface area contributed by atoms with Crippen LogP contribution in [-0.2, 0) is 6.42 Å². The van der Waals surface area contributed by atoms with Crippen molar-refractivity contribution in [1.82, 2.24) is 4.98 Å². The molecule has 1 aliphatic rings. The van der Waals surface area contributed by atoms with Gasteiger partial charge in [-0.2, -0.15) is 0 Å². The van der Waals surface area contributed by atoms with Crippen molar-refractivity contribution in [2.24, 2.45) is 0 Å². The normalized spacial score (nSPS) is 15.8. The van der Waals surface area contributed by atoms with Crippen LogP contribution in [0.1, 0.15) is 44.3 Å². The zero-order chi connectivity index (χ0) is 19.7. The second-order valence-electron chi connectivity index (χ2n) is 6.78. The van der Waals surface area contributed by atoms with E-state index < -0.39 is 11.5 Å². The number of amides is 1. The van der Waals surface area contributed by atoms with Crippen molar-refractivity contribution in [3.63, 3.8) is 0 Å². The largest absolute Gasteiger partial charge is 0.325 e. The second kappa shape index (κ2) is 7.44. The molecule has 2 aromatic carbocycles. The third-order valence-corrected chi connectivity index (χ3v) is 5.27. The van der Waals surface area contributed by atoms with Crippen LogP contribution >= 0.6 is 11.6 Å². The van der Waals surface area contributed by atoms with Crippen molar-refractivity contribution in [2.45, 2.75) is 18.8 Å². The Kier molecular flexibility index (Phi) is 4.84. The third-order valence-electron chi connectivity index (χ3n) is 4.94. The summed E-state index contributed by atoms with van der Waals surface area (Å²) >= 11 is 6.05. The molecule has 0 aliphatic heterocycles. The number of nitrogens with one attached hydrogen (secondary N) is 2. The van der Waals surface area contributed by atoms with Crippen molar-refractivity contribution in [2.75, 3.05) is 5.32 Å². The van der Waals surface area contributed by atoms with Crippen molar-refractivity contribution in [3.8, 4) is 0 Å². The molecular weight excluding hydrogens is 376 g/mol. The monoisotopic (exact) mass is 392 g/mol. The van der Waals surface area contributed by atoms with E-state index in [-0.39, 0.29) is 17.3 Å². The summed E-state index contributed by atoms with van der Waals surface area (Å²) in [5, 5.41) is 2.99. The van der Waals surface area contributed by atoms with Crippen LogP contribution in [0, 0.1) is 0 Å². The SMILES string of the molecule is O=C1CC(c2ccccc2)Cc2[nH]c(=O)c(C(=O)Nc3ccccc3Cl)cc21. The zero-order valence-corrected chi connectivity index (χ0v) is 15.6. The summed E-state index contributed by atoms with van der Waals surface area (Å²) < 4.78 is 0. The minimum absolute atomic E-state index is 0.0136. The van der Waals surface area contributed by atoms with E-state index in [2.05, 4.69) is 10.3 Å². The number of aromatic amines is 1. The lowest BCUT2D eigenvalue weighted by molar-refractivity contribution is 0.0963. The Bertz CT molecular complexity index is 1120. The van der Waals surface area contributed by atoms with E-state index in [1.54, 1.807) is 24.3 Å². The van der Waals surface area contributed by atoms with Gasteiger partial charge in [0.25, 0.3) is 11.5 Å². The van der Waals surface area contributed by atoms with E-state index >= 15 is 0 Å². The molecule has 140 valence electrons. The Morgan fingerprint density at radius 2 is 1.71 bits per heavy atom. The first kappa shape index (κ1) is 18.2. The van der Waals surface area contributed by atoms with Gasteiger partial charge < -0.3 is 10.3 Å². The fourth-order valence-electron chi connectivity index (χ4n) is 3.51. The van der Waals surface area contributed by atoms with Gasteiger partial charge in [-0.1, -0.05) is 54.1 Å². The van der Waals surface area contributed by atoms with Crippen LogP contribution in [0.15, 0.2) is 65.5 Å². The zero-order valence-electron chi connectivity index (χ0n) is 14.9. The van der Waals surface area contributed by atoms with Crippen LogP contribution in [-0.4, -0.2) is 16.7 Å². The van der Waals surface area contributed by atoms with Crippen molar-refractivity contribution in [3.05, 3.63) is 98.4 Å². The first-order valence-corrected chi connectivity index (χ1v) is 9.31. The maximum absolute atomic E-state index is 12.7. The first-order valence-electron chi connectivity index (χ1n) is 8.93. The summed E-state index contributed by atoms with van der Waals surface area (Å²) in [6.07, 6.45) is 0.890. The van der Waals surface area contributed by atoms with E-state index in [1.807, 2.05) is 30.3 Å². The number of rotatable bonds is 3. The van der Waals surface area contributed by atoms with E-state index in [0.717, 1.165) is 5.56 Å². The molecule has 1 aliphatic carbocycles. The van der Waals surface area contributed by atoms with E-state index in [9.17, 15) is 14.4 Å². The molecule has 1 atom stereocenters. The molecule has 0 radical (unpaired) electrons. The molecule has 6 heteroatoms. The molecule has 5 nitrogen and oxygen atoms in total. The van der Waals surface area contributed by atoms with Gasteiger partial charge in [-0.15, -0.1) is 0 Å². The number of ketones is 1. The van der Waals surface area contributed by atoms with Gasteiger partial charge in [-0.3, -0.25) is 14.4 Å². The summed E-state index contributed by atoms with van der Waals surface area (Å²) in [5.41, 5.74) is 1.81. The van der Waals surface area contributed by atoms with Gasteiger partial charge in [0.05, 0.1) is 10.7 Å². The van der Waals surface area contributed by atoms with Crippen molar-refractivity contribution in [1.29, 1.82) is 0 Å². The number of H-pyrrole nitrogens is 1. The maximum Gasteiger partial charge on any atom is 0.261 e. The highest BCUT2D eigenvalue weighted by Gasteiger charge is 2.28. The molecule has 3 aromatic rings. The number of pyridine rings is 1. The lowest BCUT2D eigenvalue weighted by atomic mass is 9.81. The molecule has 1 aromatic heterocycles. The molecule has 0 spiro atoms. The average Bonchev–Trinajstić information content (AvgIpc) is 2.69. The first-order chi connectivity index (χ1) is 13.5. The van der Waals surface area contributed by atoms with Crippen LogP contribution in [0.4, 0.5) is 5.69 Å². The molecule has 4 rings (SSSR count). The molecule has 28 heavy (non-hydrogen) atoms. The smallest absolute Gasteiger partial charge is 0.261 e. The molecule has 0 saturated heterocycles. The number of halogens is 1. The number of anilines is 1. The van der Waals surface area contributed by atoms with E-state index in [1.165, 1.54) is 6.07 Å². The van der Waals surface area contributed by atoms with Crippen molar-refractivity contribution >= 4 is 29.0 Å². The number of Topliss-reactive ketones (excluding diaryl/α,β-unsaturated/α-hetero) is 1. The quantitative estimate of drug-likeness (QED) is 0.701. The number of carbonyl (C=O) groups is 2. The molecule has 1 heterocycles. The van der Waals surface area contributed by atoms with Crippen LogP contribution in [0.25, 0.3) is 0 Å². The third kappa shape index (κ3) is 3.49. The molecule has 2 N–H and O–H groups in total. The van der Waals surface area contributed by atoms with Gasteiger partial charge in [-0.05, 0) is 36.1 Å². The summed E-state index contributed by atoms with van der Waals surface area (Å²) in [7, 11) is 0. The lowest BCUT2D eigenvalue weighted by Gasteiger charge is -2.24. The number of fused-ring (bicyclic) bond motifs is 1. The van der Waals surface area contributed by atoms with Crippen molar-refractivity contribution < 1.29 is 9.59 Å². The maximum atomic E-state index is 12.7. The highest BCUT2D eigenvalue weighted by molar-refractivity contribution is 6.33. The van der Waals surface area contributed by atoms with Gasteiger partial charge in [0, 0.05) is 17.7 Å². The number of aromatic nitrogens is 1. The topological polar surface area (TPSA) is 79.0 Å². The van der Waals surface area contributed by atoms with E-state index in [4.69, 9.17) is 11.6 Å². The summed E-state index contributed by atoms with van der Waals surface area (Å²) in [6.45, 7) is 0. The number of para-hydroxylation sites is 1. The van der Waals surface area contributed by atoms with Gasteiger partial charge in [-0.25, -0.2) is 0 Å². The Labute approximate surface area is 166 Å². The fourth-order valence-corrected chi connectivity index (χ4v) is 3.70. The van der Waals surface area contributed by atoms with Crippen LogP contribution < -0.4 is 10.9 Å². The van der Waals surface area contributed by atoms with Gasteiger partial charge in [0.1, 0.15) is 5.56 Å². The molecule has 0 fully saturated rings. The lowest BCUT2D eigenvalue weighted by Crippen LogP contribution is -2.29. The Balaban J connectivity index is 1.64. The highest BCUT2D eigenvalue weighted by atomic mass is 35.5. The van der Waals surface area contributed by atoms with E-state index in [0.29, 0.717) is 34.8 Å². The molecule has 0 saturated carbocycles. The summed E-state index contributed by atoms with van der Waals surface area (Å²) in [5.74, 6) is -0.673. The molecular formula is C22H17ClN2O3. The van der Waals surface area contributed by atoms with Gasteiger partial charge >= 0.3 is 0 Å². The number of hydrogen-bond donors (Lipinski definition) is 2. The van der Waals surface area contributed by atoms with Crippen LogP contribution in [0.2, 0.25) is 5.02 Å². The molecule has 0 bridgehead atoms. The fraction of sp³-hybridized carbons (Fsp3) is 0.136. The predicted molar refractivity (Wildman–Crippen MR) is 108 cm³/mol. The minimum atomic E-state index is -0.602. The molecule has 1 unspecified atom stereocenters. The average molecular weight is 393 g/mol. The minimum Gasteiger partial charge on any atom is -0.325 e. The predicted octanol–water partition coefficient (Wildman–Crippen LogP) is 4.19. The number of benzene rings is 2. The number of hydrogen-bond acceptors (Lipinski definition) is 3. The molecule has 1 amide bonds. The van der Waals surface area contributed by atoms with Gasteiger partial charge in [0.15, 0.2) is 5.78 Å². The highest BCUT2D eigenvalue weighted by Crippen LogP contribution is 2.31. The Morgan fingerprint density at radius 3 is 2.46 bits per heavy atom. The second-order valence-corrected chi connectivity index (χ2v) is 7.18. The summed E-state index contributed by atoms with van der Waals surface area (Å²) in [4.78, 5) is 40.5. The summed E-state index contributed by atoms with van der Waals surface area (Å²) in [6, 6.07) is 17.9. The van der Waals surface area contributed by atoms with Crippen LogP contribution in [0.5, 0.6) is 0 Å². The Morgan fingerprint density at radius 1 is 1.00 bits per heavy atom. The Hall–Kier alpha value is -3.18. The standard InChI is InChI=1S/C22H17ClN2O3/c23-17-8-4-5-9-18(17)24-21(27)16-12-15-19(25-22(16)28)10-14(11-20(15)26)13-6-2-1-3-7-13/h1-9,12,14H,10-11H2,(H,24,27)(H,25,28). The number of carbonyl (C=O) groups excluding carboxylic acids is 2. The van der Waals surface area contributed by atoms with Gasteiger partial charge in [0.2, 0.25) is 0 Å².